The van der Waals surface area contributed by atoms with E-state index >= 15 is 0 Å². The van der Waals surface area contributed by atoms with Crippen LogP contribution < -0.4 is 31.6 Å². The van der Waals surface area contributed by atoms with Gasteiger partial charge in [0.05, 0.1) is 11.7 Å². The summed E-state index contributed by atoms with van der Waals surface area (Å²) in [5.41, 5.74) is 6.59. The first-order valence-corrected chi connectivity index (χ1v) is 12.4. The molecule has 4 rings (SSSR count). The molecule has 4 N–H and O–H groups in total. The van der Waals surface area contributed by atoms with Crippen LogP contribution in [0.5, 0.6) is 5.75 Å². The van der Waals surface area contributed by atoms with Crippen LogP contribution in [0.15, 0.2) is 35.3 Å². The van der Waals surface area contributed by atoms with Crippen LogP contribution in [0.3, 0.4) is 0 Å². The number of carbonyl (C=O) groups excluding carboxylic acids is 1. The fraction of sp³-hybridized carbons (Fsp3) is 0.423. The molecule has 2 aromatic heterocycles. The number of piperidine rings is 1. The topological polar surface area (TPSA) is 151 Å². The van der Waals surface area contributed by atoms with Gasteiger partial charge in [-0.1, -0.05) is 6.92 Å². The lowest BCUT2D eigenvalue weighted by Crippen LogP contribution is -2.53. The molecule has 1 saturated heterocycles. The highest BCUT2D eigenvalue weighted by molar-refractivity contribution is 5.85. The van der Waals surface area contributed by atoms with E-state index in [4.69, 9.17) is 10.5 Å². The van der Waals surface area contributed by atoms with Crippen molar-refractivity contribution in [2.45, 2.75) is 19.3 Å². The standard InChI is InChI=1S/C26H30F2N8O3/c1-15-12-36(13-18(6-7-29)26(15,27)28)23-17(10-30)11-32-25(34-23)33-19-4-5-20-16(8-19)9-21(24(38)35(20)3)39-14-22(37)31-2/h4-5,8-9,11,15,18H,6-7,12-14,29H2,1-3H3,(H,31,37)(H,32,33,34). The Bertz CT molecular complexity index is 1490. The number of nitrogens with zero attached hydrogens (tertiary/aromatic N) is 5. The molecule has 0 saturated carbocycles. The number of aryl methyl sites for hydroxylation is 1. The minimum atomic E-state index is -2.87. The van der Waals surface area contributed by atoms with Crippen molar-refractivity contribution in [2.75, 3.05) is 43.5 Å². The first-order valence-electron chi connectivity index (χ1n) is 12.4. The number of fused-ring (bicyclic) bond motifs is 1. The predicted molar refractivity (Wildman–Crippen MR) is 142 cm³/mol. The highest BCUT2D eigenvalue weighted by Gasteiger charge is 2.49. The van der Waals surface area contributed by atoms with E-state index in [1.807, 2.05) is 0 Å². The molecule has 11 nitrogen and oxygen atoms in total. The SMILES string of the molecule is CNC(=O)COc1cc2cc(Nc3ncc(C#N)c(N4CC(C)C(F)(F)C(CCN)C4)n3)ccc2n(C)c1=O. The van der Waals surface area contributed by atoms with E-state index in [2.05, 4.69) is 26.7 Å². The third kappa shape index (κ3) is 5.61. The number of anilines is 3. The van der Waals surface area contributed by atoms with Crippen molar-refractivity contribution in [3.05, 3.63) is 46.4 Å². The number of likely N-dealkylation sites (N-methyl/N-ethyl adjacent to an activating group) is 1. The van der Waals surface area contributed by atoms with Gasteiger partial charge < -0.3 is 30.6 Å². The molecule has 206 valence electrons. The number of amides is 1. The number of rotatable bonds is 8. The van der Waals surface area contributed by atoms with Gasteiger partial charge in [-0.2, -0.15) is 10.2 Å². The lowest BCUT2D eigenvalue weighted by molar-refractivity contribution is -0.122. The zero-order valence-electron chi connectivity index (χ0n) is 21.9. The number of halogens is 2. The Morgan fingerprint density at radius 2 is 2.10 bits per heavy atom. The highest BCUT2D eigenvalue weighted by atomic mass is 19.3. The van der Waals surface area contributed by atoms with Crippen LogP contribution in [0.25, 0.3) is 10.9 Å². The monoisotopic (exact) mass is 540 g/mol. The minimum Gasteiger partial charge on any atom is -0.478 e. The van der Waals surface area contributed by atoms with Crippen molar-refractivity contribution in [3.8, 4) is 11.8 Å². The van der Waals surface area contributed by atoms with Gasteiger partial charge in [0, 0.05) is 50.1 Å². The second-order valence-electron chi connectivity index (χ2n) is 9.53. The van der Waals surface area contributed by atoms with Crippen molar-refractivity contribution >= 4 is 34.3 Å². The summed E-state index contributed by atoms with van der Waals surface area (Å²) in [6.45, 7) is 1.36. The average Bonchev–Trinajstić information content (AvgIpc) is 2.92. The number of hydrogen-bond donors (Lipinski definition) is 3. The van der Waals surface area contributed by atoms with Crippen LogP contribution in [0.2, 0.25) is 0 Å². The molecule has 0 radical (unpaired) electrons. The van der Waals surface area contributed by atoms with Gasteiger partial charge in [-0.25, -0.2) is 13.8 Å². The fourth-order valence-electron chi connectivity index (χ4n) is 4.71. The van der Waals surface area contributed by atoms with Crippen molar-refractivity contribution < 1.29 is 18.3 Å². The number of nitrogens with two attached hydrogens (primary N) is 1. The Hall–Kier alpha value is -4.31. The normalized spacial score (nSPS) is 18.4. The maximum atomic E-state index is 14.8. The summed E-state index contributed by atoms with van der Waals surface area (Å²) in [6.07, 6.45) is 1.51. The van der Waals surface area contributed by atoms with E-state index in [1.165, 1.54) is 24.7 Å². The smallest absolute Gasteiger partial charge is 0.293 e. The van der Waals surface area contributed by atoms with Gasteiger partial charge >= 0.3 is 0 Å². The van der Waals surface area contributed by atoms with Gasteiger partial charge in [0.15, 0.2) is 18.2 Å². The molecule has 3 heterocycles. The Morgan fingerprint density at radius 3 is 2.79 bits per heavy atom. The van der Waals surface area contributed by atoms with Gasteiger partial charge in [-0.05, 0) is 37.2 Å². The maximum absolute atomic E-state index is 14.8. The van der Waals surface area contributed by atoms with Crippen molar-refractivity contribution in [1.29, 1.82) is 5.26 Å². The molecule has 0 spiro atoms. The number of nitriles is 1. The van der Waals surface area contributed by atoms with Crippen molar-refractivity contribution in [1.82, 2.24) is 19.9 Å². The highest BCUT2D eigenvalue weighted by Crippen LogP contribution is 2.41. The quantitative estimate of drug-likeness (QED) is 0.390. The summed E-state index contributed by atoms with van der Waals surface area (Å²) in [4.78, 5) is 34.6. The summed E-state index contributed by atoms with van der Waals surface area (Å²) in [5, 5.41) is 15.8. The second-order valence-corrected chi connectivity index (χ2v) is 9.53. The molecule has 1 fully saturated rings. The summed E-state index contributed by atoms with van der Waals surface area (Å²) in [6, 6.07) is 8.82. The van der Waals surface area contributed by atoms with Gasteiger partial charge in [-0.3, -0.25) is 9.59 Å². The molecule has 0 bridgehead atoms. The largest absolute Gasteiger partial charge is 0.478 e. The Kier molecular flexibility index (Phi) is 7.96. The lowest BCUT2D eigenvalue weighted by Gasteiger charge is -2.43. The molecule has 2 unspecified atom stereocenters. The summed E-state index contributed by atoms with van der Waals surface area (Å²) in [7, 11) is 3.07. The zero-order valence-corrected chi connectivity index (χ0v) is 21.9. The van der Waals surface area contributed by atoms with Gasteiger partial charge in [0.1, 0.15) is 11.6 Å². The first-order chi connectivity index (χ1) is 18.6. The average molecular weight is 541 g/mol. The number of carbonyl (C=O) groups is 1. The van der Waals surface area contributed by atoms with Crippen LogP contribution >= 0.6 is 0 Å². The predicted octanol–water partition coefficient (Wildman–Crippen LogP) is 2.12. The molecular weight excluding hydrogens is 510 g/mol. The molecule has 1 aliphatic rings. The van der Waals surface area contributed by atoms with Crippen LogP contribution in [0.1, 0.15) is 18.9 Å². The number of pyridine rings is 1. The van der Waals surface area contributed by atoms with E-state index in [9.17, 15) is 23.6 Å². The molecule has 1 aromatic carbocycles. The van der Waals surface area contributed by atoms with Gasteiger partial charge in [-0.15, -0.1) is 0 Å². The Labute approximate surface area is 223 Å². The van der Waals surface area contributed by atoms with E-state index in [0.717, 1.165) is 0 Å². The number of ether oxygens (including phenoxy) is 1. The lowest BCUT2D eigenvalue weighted by atomic mass is 9.83. The number of alkyl halides is 2. The fourth-order valence-corrected chi connectivity index (χ4v) is 4.71. The molecule has 1 aliphatic heterocycles. The minimum absolute atomic E-state index is 0.0164. The molecule has 2 atom stereocenters. The number of aromatic nitrogens is 3. The van der Waals surface area contributed by atoms with Crippen LogP contribution in [0, 0.1) is 23.2 Å². The summed E-state index contributed by atoms with van der Waals surface area (Å²) in [5.74, 6) is -4.70. The molecule has 3 aromatic rings. The van der Waals surface area contributed by atoms with Crippen molar-refractivity contribution in [3.63, 3.8) is 0 Å². The van der Waals surface area contributed by atoms with E-state index in [0.29, 0.717) is 16.6 Å². The third-order valence-corrected chi connectivity index (χ3v) is 6.92. The van der Waals surface area contributed by atoms with Crippen molar-refractivity contribution in [2.24, 2.45) is 24.6 Å². The molecule has 13 heteroatoms. The van der Waals surface area contributed by atoms with E-state index in [-0.39, 0.29) is 67.2 Å². The first kappa shape index (κ1) is 27.7. The maximum Gasteiger partial charge on any atom is 0.293 e. The molecule has 39 heavy (non-hydrogen) atoms. The Morgan fingerprint density at radius 1 is 1.33 bits per heavy atom. The molecule has 0 aliphatic carbocycles. The molecular formula is C26H30F2N8O3. The van der Waals surface area contributed by atoms with E-state index in [1.54, 1.807) is 36.2 Å². The van der Waals surface area contributed by atoms with Gasteiger partial charge in [0.2, 0.25) is 5.95 Å². The second kappa shape index (κ2) is 11.2. The summed E-state index contributed by atoms with van der Waals surface area (Å²) < 4.78 is 36.3. The third-order valence-electron chi connectivity index (χ3n) is 6.92. The Balaban J connectivity index is 1.64. The van der Waals surface area contributed by atoms with Crippen LogP contribution in [-0.4, -0.2) is 59.7 Å². The summed E-state index contributed by atoms with van der Waals surface area (Å²) >= 11 is 0. The molecule has 1 amide bonds. The number of nitrogens with one attached hydrogen (secondary N) is 2. The van der Waals surface area contributed by atoms with Crippen LogP contribution in [0.4, 0.5) is 26.2 Å². The van der Waals surface area contributed by atoms with E-state index < -0.39 is 17.8 Å². The van der Waals surface area contributed by atoms with Crippen LogP contribution in [-0.2, 0) is 11.8 Å². The zero-order chi connectivity index (χ0) is 28.3. The number of benzene rings is 1. The number of hydrogen-bond acceptors (Lipinski definition) is 9. The van der Waals surface area contributed by atoms with Gasteiger partial charge in [0.25, 0.3) is 17.4 Å².